The maximum Gasteiger partial charge on any atom is 0.239 e. The number of carbonyl (C=O) groups is 1. The summed E-state index contributed by atoms with van der Waals surface area (Å²) < 4.78 is 5.40. The van der Waals surface area contributed by atoms with E-state index in [1.807, 2.05) is 30.3 Å². The standard InChI is InChI=1S/C14H22N2O3.ClH/c1-11(15)14(18)16(2)8-13(17)10-19-9-12-6-4-3-5-7-12;/h3-7,11,13,17H,8-10,15H2,1-2H3;1H. The SMILES string of the molecule is CC(N)C(=O)N(C)CC(O)COCc1ccccc1.Cl. The molecule has 0 aromatic heterocycles. The number of nitrogens with zero attached hydrogens (tertiary/aromatic N) is 1. The van der Waals surface area contributed by atoms with Crippen LogP contribution in [-0.4, -0.2) is 48.3 Å². The fraction of sp³-hybridized carbons (Fsp3) is 0.500. The Balaban J connectivity index is 0.00000361. The smallest absolute Gasteiger partial charge is 0.239 e. The molecular weight excluding hydrogens is 280 g/mol. The number of hydrogen-bond donors (Lipinski definition) is 2. The van der Waals surface area contributed by atoms with Gasteiger partial charge in [-0.3, -0.25) is 4.79 Å². The van der Waals surface area contributed by atoms with Crippen LogP contribution < -0.4 is 5.73 Å². The van der Waals surface area contributed by atoms with E-state index in [-0.39, 0.29) is 31.5 Å². The average Bonchev–Trinajstić information content (AvgIpc) is 2.38. The van der Waals surface area contributed by atoms with Crippen LogP contribution in [0.25, 0.3) is 0 Å². The molecule has 1 aromatic rings. The first kappa shape index (κ1) is 18.9. The molecule has 0 spiro atoms. The zero-order valence-corrected chi connectivity index (χ0v) is 12.7. The molecule has 114 valence electrons. The number of ether oxygens (including phenoxy) is 1. The fourth-order valence-electron chi connectivity index (χ4n) is 1.69. The molecule has 2 atom stereocenters. The number of aliphatic hydroxyl groups is 1. The van der Waals surface area contributed by atoms with Crippen LogP contribution in [0.1, 0.15) is 12.5 Å². The molecule has 0 heterocycles. The van der Waals surface area contributed by atoms with Gasteiger partial charge >= 0.3 is 0 Å². The lowest BCUT2D eigenvalue weighted by atomic mass is 10.2. The van der Waals surface area contributed by atoms with Crippen molar-refractivity contribution in [2.45, 2.75) is 25.7 Å². The summed E-state index contributed by atoms with van der Waals surface area (Å²) in [7, 11) is 1.62. The highest BCUT2D eigenvalue weighted by Gasteiger charge is 2.16. The Hall–Kier alpha value is -1.14. The van der Waals surface area contributed by atoms with Crippen molar-refractivity contribution in [1.29, 1.82) is 0 Å². The lowest BCUT2D eigenvalue weighted by Crippen LogP contribution is -2.43. The van der Waals surface area contributed by atoms with Crippen molar-refractivity contribution in [3.8, 4) is 0 Å². The van der Waals surface area contributed by atoms with Gasteiger partial charge < -0.3 is 20.5 Å². The molecule has 0 radical (unpaired) electrons. The Labute approximate surface area is 126 Å². The average molecular weight is 303 g/mol. The first-order chi connectivity index (χ1) is 9.00. The minimum absolute atomic E-state index is 0. The molecule has 1 aromatic carbocycles. The molecule has 0 saturated carbocycles. The Morgan fingerprint density at radius 2 is 2.00 bits per heavy atom. The largest absolute Gasteiger partial charge is 0.389 e. The summed E-state index contributed by atoms with van der Waals surface area (Å²) in [4.78, 5) is 12.9. The molecule has 1 rings (SSSR count). The number of nitrogens with two attached hydrogens (primary N) is 1. The zero-order valence-electron chi connectivity index (χ0n) is 11.9. The van der Waals surface area contributed by atoms with E-state index >= 15 is 0 Å². The van der Waals surface area contributed by atoms with Gasteiger partial charge in [0.1, 0.15) is 0 Å². The summed E-state index contributed by atoms with van der Waals surface area (Å²) in [5.74, 6) is -0.192. The summed E-state index contributed by atoms with van der Waals surface area (Å²) in [6.07, 6.45) is -0.712. The molecule has 5 nitrogen and oxygen atoms in total. The quantitative estimate of drug-likeness (QED) is 0.781. The first-order valence-corrected chi connectivity index (χ1v) is 6.31. The maximum atomic E-state index is 11.5. The lowest BCUT2D eigenvalue weighted by molar-refractivity contribution is -0.132. The molecule has 1 amide bonds. The molecule has 0 bridgehead atoms. The van der Waals surface area contributed by atoms with Crippen molar-refractivity contribution >= 4 is 18.3 Å². The predicted octanol–water partition coefficient (Wildman–Crippen LogP) is 0.792. The molecule has 3 N–H and O–H groups in total. The molecule has 2 unspecified atom stereocenters. The minimum atomic E-state index is -0.712. The van der Waals surface area contributed by atoms with Crippen LogP contribution in [0.15, 0.2) is 30.3 Å². The van der Waals surface area contributed by atoms with Gasteiger partial charge in [0, 0.05) is 13.6 Å². The molecule has 0 aliphatic heterocycles. The summed E-state index contributed by atoms with van der Waals surface area (Å²) in [6, 6.07) is 9.17. The summed E-state index contributed by atoms with van der Waals surface area (Å²) in [5.41, 5.74) is 6.54. The van der Waals surface area contributed by atoms with Crippen LogP contribution in [0.2, 0.25) is 0 Å². The van der Waals surface area contributed by atoms with Crippen LogP contribution in [0.3, 0.4) is 0 Å². The van der Waals surface area contributed by atoms with Gasteiger partial charge in [-0.25, -0.2) is 0 Å². The lowest BCUT2D eigenvalue weighted by Gasteiger charge is -2.22. The van der Waals surface area contributed by atoms with Crippen molar-refractivity contribution in [1.82, 2.24) is 4.90 Å². The van der Waals surface area contributed by atoms with Crippen molar-refractivity contribution in [2.75, 3.05) is 20.2 Å². The van der Waals surface area contributed by atoms with E-state index < -0.39 is 12.1 Å². The topological polar surface area (TPSA) is 75.8 Å². The van der Waals surface area contributed by atoms with Crippen molar-refractivity contribution in [2.24, 2.45) is 5.73 Å². The highest BCUT2D eigenvalue weighted by atomic mass is 35.5. The van der Waals surface area contributed by atoms with Gasteiger partial charge in [-0.2, -0.15) is 0 Å². The number of hydrogen-bond acceptors (Lipinski definition) is 4. The number of aliphatic hydroxyl groups excluding tert-OH is 1. The summed E-state index contributed by atoms with van der Waals surface area (Å²) >= 11 is 0. The van der Waals surface area contributed by atoms with Gasteiger partial charge in [-0.15, -0.1) is 12.4 Å². The number of benzene rings is 1. The van der Waals surface area contributed by atoms with E-state index in [2.05, 4.69) is 0 Å². The Bertz CT molecular complexity index is 387. The monoisotopic (exact) mass is 302 g/mol. The molecule has 0 aliphatic rings. The third kappa shape index (κ3) is 6.86. The summed E-state index contributed by atoms with van der Waals surface area (Å²) in [6.45, 7) is 2.47. The van der Waals surface area contributed by atoms with Crippen LogP contribution in [-0.2, 0) is 16.1 Å². The third-order valence-corrected chi connectivity index (χ3v) is 2.67. The van der Waals surface area contributed by atoms with Crippen LogP contribution in [0, 0.1) is 0 Å². The Kier molecular flexibility index (Phi) is 9.16. The zero-order chi connectivity index (χ0) is 14.3. The van der Waals surface area contributed by atoms with Gasteiger partial charge in [0.2, 0.25) is 5.91 Å². The molecule has 0 aliphatic carbocycles. The van der Waals surface area contributed by atoms with Gasteiger partial charge in [0.15, 0.2) is 0 Å². The van der Waals surface area contributed by atoms with Gasteiger partial charge in [-0.1, -0.05) is 30.3 Å². The predicted molar refractivity (Wildman–Crippen MR) is 80.6 cm³/mol. The van der Waals surface area contributed by atoms with Gasteiger partial charge in [-0.05, 0) is 12.5 Å². The maximum absolute atomic E-state index is 11.5. The minimum Gasteiger partial charge on any atom is -0.389 e. The van der Waals surface area contributed by atoms with Crippen molar-refractivity contribution < 1.29 is 14.6 Å². The number of likely N-dealkylation sites (N-methyl/N-ethyl adjacent to an activating group) is 1. The number of halogens is 1. The van der Waals surface area contributed by atoms with Crippen LogP contribution >= 0.6 is 12.4 Å². The van der Waals surface area contributed by atoms with Gasteiger partial charge in [0.25, 0.3) is 0 Å². The van der Waals surface area contributed by atoms with E-state index in [4.69, 9.17) is 10.5 Å². The molecule has 0 saturated heterocycles. The van der Waals surface area contributed by atoms with E-state index in [1.54, 1.807) is 14.0 Å². The number of rotatable bonds is 7. The third-order valence-electron chi connectivity index (χ3n) is 2.67. The van der Waals surface area contributed by atoms with Crippen molar-refractivity contribution in [3.63, 3.8) is 0 Å². The Morgan fingerprint density at radius 1 is 1.40 bits per heavy atom. The highest BCUT2D eigenvalue weighted by molar-refractivity contribution is 5.85. The second-order valence-corrected chi connectivity index (χ2v) is 4.66. The van der Waals surface area contributed by atoms with E-state index in [0.29, 0.717) is 6.61 Å². The highest BCUT2D eigenvalue weighted by Crippen LogP contribution is 2.01. The molecule has 20 heavy (non-hydrogen) atoms. The summed E-state index contributed by atoms with van der Waals surface area (Å²) in [5, 5.41) is 9.77. The van der Waals surface area contributed by atoms with E-state index in [1.165, 1.54) is 4.90 Å². The molecular formula is C14H23ClN2O3. The molecule has 6 heteroatoms. The van der Waals surface area contributed by atoms with E-state index in [9.17, 15) is 9.90 Å². The number of amides is 1. The normalized spacial score (nSPS) is 13.2. The number of carbonyl (C=O) groups excluding carboxylic acids is 1. The van der Waals surface area contributed by atoms with Crippen molar-refractivity contribution in [3.05, 3.63) is 35.9 Å². The second kappa shape index (κ2) is 9.72. The first-order valence-electron chi connectivity index (χ1n) is 6.31. The van der Waals surface area contributed by atoms with Gasteiger partial charge in [0.05, 0.1) is 25.4 Å². The van der Waals surface area contributed by atoms with Crippen LogP contribution in [0.4, 0.5) is 0 Å². The molecule has 0 fully saturated rings. The van der Waals surface area contributed by atoms with E-state index in [0.717, 1.165) is 5.56 Å². The Morgan fingerprint density at radius 3 is 2.55 bits per heavy atom. The van der Waals surface area contributed by atoms with Crippen LogP contribution in [0.5, 0.6) is 0 Å². The second-order valence-electron chi connectivity index (χ2n) is 4.66. The fourth-order valence-corrected chi connectivity index (χ4v) is 1.69.